The lowest BCUT2D eigenvalue weighted by molar-refractivity contribution is 0.0655. The number of likely N-dealkylation sites (tertiary alicyclic amines) is 1. The van der Waals surface area contributed by atoms with Crippen LogP contribution in [0.15, 0.2) is 71.5 Å². The summed E-state index contributed by atoms with van der Waals surface area (Å²) in [5.41, 5.74) is 2.24. The van der Waals surface area contributed by atoms with E-state index >= 15 is 0 Å². The molecule has 0 bridgehead atoms. The van der Waals surface area contributed by atoms with Gasteiger partial charge in [0, 0.05) is 25.6 Å². The maximum atomic E-state index is 13.6. The van der Waals surface area contributed by atoms with E-state index in [9.17, 15) is 14.4 Å². The molecule has 0 aliphatic carbocycles. The molecule has 1 fully saturated rings. The molecular formula is C33H34N4O5. The first kappa shape index (κ1) is 27.7. The fourth-order valence-corrected chi connectivity index (χ4v) is 5.89. The molecule has 2 aliphatic rings. The molecule has 3 heterocycles. The SMILES string of the molecule is COc1cc(CCn2c(CCN3C(=O)c4ccccc4C3=O)nc3ccccc3c2=O)ccc1OCC1CCCN1C. The van der Waals surface area contributed by atoms with Crippen LogP contribution in [0.2, 0.25) is 0 Å². The van der Waals surface area contributed by atoms with Gasteiger partial charge in [-0.05, 0) is 74.8 Å². The van der Waals surface area contributed by atoms with Crippen molar-refractivity contribution in [3.8, 4) is 11.5 Å². The highest BCUT2D eigenvalue weighted by Crippen LogP contribution is 2.30. The summed E-state index contributed by atoms with van der Waals surface area (Å²) in [6.45, 7) is 2.21. The molecule has 3 aromatic carbocycles. The molecule has 0 spiro atoms. The topological polar surface area (TPSA) is 94.0 Å². The predicted octanol–water partition coefficient (Wildman–Crippen LogP) is 3.96. The number of hydrogen-bond donors (Lipinski definition) is 0. The van der Waals surface area contributed by atoms with Gasteiger partial charge in [0.05, 0.1) is 29.1 Å². The zero-order valence-electron chi connectivity index (χ0n) is 23.9. The van der Waals surface area contributed by atoms with Crippen LogP contribution >= 0.6 is 0 Å². The quantitative estimate of drug-likeness (QED) is 0.268. The number of benzene rings is 3. The summed E-state index contributed by atoms with van der Waals surface area (Å²) >= 11 is 0. The number of imide groups is 1. The number of aromatic nitrogens is 2. The Kier molecular flexibility index (Phi) is 7.75. The van der Waals surface area contributed by atoms with Crippen molar-refractivity contribution >= 4 is 22.7 Å². The van der Waals surface area contributed by atoms with E-state index in [2.05, 4.69) is 11.9 Å². The van der Waals surface area contributed by atoms with Gasteiger partial charge in [0.1, 0.15) is 12.4 Å². The maximum absolute atomic E-state index is 13.6. The van der Waals surface area contributed by atoms with Crippen molar-refractivity contribution in [3.05, 3.63) is 99.6 Å². The molecule has 216 valence electrons. The first-order valence-electron chi connectivity index (χ1n) is 14.4. The van der Waals surface area contributed by atoms with E-state index in [4.69, 9.17) is 14.5 Å². The minimum Gasteiger partial charge on any atom is -0.493 e. The smallest absolute Gasteiger partial charge is 0.261 e. The Labute approximate surface area is 244 Å². The number of amides is 2. The van der Waals surface area contributed by atoms with E-state index in [1.807, 2.05) is 30.3 Å². The van der Waals surface area contributed by atoms with Gasteiger partial charge < -0.3 is 14.4 Å². The highest BCUT2D eigenvalue weighted by molar-refractivity contribution is 6.21. The highest BCUT2D eigenvalue weighted by atomic mass is 16.5. The molecule has 0 saturated carbocycles. The number of carbonyl (C=O) groups is 2. The Morgan fingerprint density at radius 3 is 2.33 bits per heavy atom. The van der Waals surface area contributed by atoms with Gasteiger partial charge in [0.15, 0.2) is 11.5 Å². The second kappa shape index (κ2) is 11.8. The average Bonchev–Trinajstić information content (AvgIpc) is 3.53. The normalized spacial score (nSPS) is 16.8. The lowest BCUT2D eigenvalue weighted by Gasteiger charge is -2.21. The van der Waals surface area contributed by atoms with E-state index in [0.717, 1.165) is 18.5 Å². The molecule has 0 radical (unpaired) electrons. The second-order valence-electron chi connectivity index (χ2n) is 10.9. The first-order valence-corrected chi connectivity index (χ1v) is 14.4. The summed E-state index contributed by atoms with van der Waals surface area (Å²) in [6, 6.07) is 20.3. The largest absolute Gasteiger partial charge is 0.493 e. The van der Waals surface area contributed by atoms with Crippen molar-refractivity contribution in [2.45, 2.75) is 38.3 Å². The molecule has 1 saturated heterocycles. The van der Waals surface area contributed by atoms with E-state index in [1.165, 1.54) is 11.3 Å². The number of methoxy groups -OCH3 is 1. The fourth-order valence-electron chi connectivity index (χ4n) is 5.89. The average molecular weight is 567 g/mol. The maximum Gasteiger partial charge on any atom is 0.261 e. The van der Waals surface area contributed by atoms with E-state index in [-0.39, 0.29) is 30.3 Å². The molecule has 6 rings (SSSR count). The van der Waals surface area contributed by atoms with E-state index < -0.39 is 0 Å². The fraction of sp³-hybridized carbons (Fsp3) is 0.333. The van der Waals surface area contributed by atoms with Gasteiger partial charge in [0.2, 0.25) is 0 Å². The molecule has 2 amide bonds. The predicted molar refractivity (Wildman–Crippen MR) is 159 cm³/mol. The van der Waals surface area contributed by atoms with Gasteiger partial charge in [-0.2, -0.15) is 0 Å². The molecule has 9 nitrogen and oxygen atoms in total. The van der Waals surface area contributed by atoms with Crippen LogP contribution < -0.4 is 15.0 Å². The van der Waals surface area contributed by atoms with E-state index in [0.29, 0.717) is 65.0 Å². The summed E-state index contributed by atoms with van der Waals surface area (Å²) in [4.78, 5) is 47.8. The Bertz CT molecular complexity index is 1680. The molecular weight excluding hydrogens is 532 g/mol. The highest BCUT2D eigenvalue weighted by Gasteiger charge is 2.35. The monoisotopic (exact) mass is 566 g/mol. The van der Waals surface area contributed by atoms with Crippen LogP contribution in [-0.2, 0) is 19.4 Å². The molecule has 42 heavy (non-hydrogen) atoms. The Balaban J connectivity index is 1.21. The summed E-state index contributed by atoms with van der Waals surface area (Å²) < 4.78 is 13.4. The third kappa shape index (κ3) is 5.27. The van der Waals surface area contributed by atoms with Crippen molar-refractivity contribution in [1.29, 1.82) is 0 Å². The van der Waals surface area contributed by atoms with Crippen molar-refractivity contribution in [2.75, 3.05) is 33.9 Å². The van der Waals surface area contributed by atoms with Crippen LogP contribution in [0.5, 0.6) is 11.5 Å². The molecule has 1 atom stereocenters. The number of hydrogen-bond acceptors (Lipinski definition) is 7. The van der Waals surface area contributed by atoms with Crippen LogP contribution in [0.4, 0.5) is 0 Å². The molecule has 9 heteroatoms. The summed E-state index contributed by atoms with van der Waals surface area (Å²) in [7, 11) is 3.75. The third-order valence-corrected chi connectivity index (χ3v) is 8.33. The summed E-state index contributed by atoms with van der Waals surface area (Å²) in [5, 5.41) is 0.528. The van der Waals surface area contributed by atoms with E-state index in [1.54, 1.807) is 48.1 Å². The number of likely N-dealkylation sites (N-methyl/N-ethyl adjacent to an activating group) is 1. The molecule has 0 N–H and O–H groups in total. The van der Waals surface area contributed by atoms with Crippen molar-refractivity contribution in [3.63, 3.8) is 0 Å². The van der Waals surface area contributed by atoms with Crippen LogP contribution in [0.25, 0.3) is 10.9 Å². The van der Waals surface area contributed by atoms with Gasteiger partial charge in [0.25, 0.3) is 17.4 Å². The van der Waals surface area contributed by atoms with Crippen LogP contribution in [0, 0.1) is 0 Å². The Morgan fingerprint density at radius 2 is 1.62 bits per heavy atom. The lowest BCUT2D eigenvalue weighted by Crippen LogP contribution is -2.34. The zero-order valence-corrected chi connectivity index (χ0v) is 23.9. The third-order valence-electron chi connectivity index (χ3n) is 8.33. The minimum absolute atomic E-state index is 0.132. The lowest BCUT2D eigenvalue weighted by atomic mass is 10.1. The number of aryl methyl sites for hydroxylation is 1. The van der Waals surface area contributed by atoms with Gasteiger partial charge in [-0.3, -0.25) is 23.9 Å². The van der Waals surface area contributed by atoms with Crippen LogP contribution in [0.1, 0.15) is 44.9 Å². The van der Waals surface area contributed by atoms with Gasteiger partial charge >= 0.3 is 0 Å². The number of carbonyl (C=O) groups excluding carboxylic acids is 2. The molecule has 1 aromatic heterocycles. The molecule has 1 unspecified atom stereocenters. The minimum atomic E-state index is -0.320. The second-order valence-corrected chi connectivity index (χ2v) is 10.9. The van der Waals surface area contributed by atoms with Crippen LogP contribution in [0.3, 0.4) is 0 Å². The first-order chi connectivity index (χ1) is 20.4. The zero-order chi connectivity index (χ0) is 29.2. The number of para-hydroxylation sites is 1. The van der Waals surface area contributed by atoms with Crippen molar-refractivity contribution in [2.24, 2.45) is 0 Å². The number of fused-ring (bicyclic) bond motifs is 2. The number of ether oxygens (including phenoxy) is 2. The van der Waals surface area contributed by atoms with Gasteiger partial charge in [-0.15, -0.1) is 0 Å². The summed E-state index contributed by atoms with van der Waals surface area (Å²) in [5.74, 6) is 1.25. The van der Waals surface area contributed by atoms with Crippen LogP contribution in [-0.4, -0.2) is 71.1 Å². The van der Waals surface area contributed by atoms with Gasteiger partial charge in [-0.1, -0.05) is 30.3 Å². The van der Waals surface area contributed by atoms with Gasteiger partial charge in [-0.25, -0.2) is 4.98 Å². The summed E-state index contributed by atoms with van der Waals surface area (Å²) in [6.07, 6.45) is 3.13. The molecule has 2 aliphatic heterocycles. The van der Waals surface area contributed by atoms with Crippen molar-refractivity contribution < 1.29 is 19.1 Å². The Morgan fingerprint density at radius 1 is 0.881 bits per heavy atom. The molecule has 4 aromatic rings. The number of nitrogens with zero attached hydrogens (tertiary/aromatic N) is 4. The standard InChI is InChI=1S/C33H34N4O5/c1-35-17-7-8-23(35)21-42-28-14-13-22(20-29(28)41-2)15-18-36-30(34-27-12-6-5-11-26(27)33(36)40)16-19-37-31(38)24-9-3-4-10-25(24)32(37)39/h3-6,9-14,20,23H,7-8,15-19,21H2,1-2H3. The van der Waals surface area contributed by atoms with Crippen molar-refractivity contribution in [1.82, 2.24) is 19.4 Å². The Hall–Kier alpha value is -4.50. The number of rotatable bonds is 10.